The molecule has 4 heteroatoms. The van der Waals surface area contributed by atoms with Gasteiger partial charge < -0.3 is 14.8 Å². The first-order valence-corrected chi connectivity index (χ1v) is 7.20. The number of ether oxygens (including phenoxy) is 2. The summed E-state index contributed by atoms with van der Waals surface area (Å²) in [6.07, 6.45) is 0.844. The smallest absolute Gasteiger partial charge is 0.165 e. The summed E-state index contributed by atoms with van der Waals surface area (Å²) in [6.45, 7) is 0. The van der Waals surface area contributed by atoms with Crippen LogP contribution in [0, 0.1) is 0 Å². The van der Waals surface area contributed by atoms with Gasteiger partial charge in [-0.15, -0.1) is 0 Å². The van der Waals surface area contributed by atoms with Gasteiger partial charge in [-0.05, 0) is 37.2 Å². The molecule has 21 heavy (non-hydrogen) atoms. The van der Waals surface area contributed by atoms with Crippen molar-refractivity contribution < 1.29 is 9.47 Å². The number of hydrogen-bond acceptors (Lipinski definition) is 3. The maximum atomic E-state index is 5.93. The van der Waals surface area contributed by atoms with Crippen molar-refractivity contribution in [3.05, 3.63) is 58.6 Å². The largest absolute Gasteiger partial charge is 0.493 e. The van der Waals surface area contributed by atoms with E-state index < -0.39 is 0 Å². The molecule has 2 aromatic carbocycles. The molecule has 2 aromatic rings. The summed E-state index contributed by atoms with van der Waals surface area (Å²) in [5.41, 5.74) is 2.29. The molecule has 0 bridgehead atoms. The molecule has 0 spiro atoms. The molecule has 0 aliphatic heterocycles. The predicted octanol–water partition coefficient (Wildman–Crippen LogP) is 3.86. The highest BCUT2D eigenvalue weighted by Crippen LogP contribution is 2.35. The van der Waals surface area contributed by atoms with E-state index in [2.05, 4.69) is 11.4 Å². The van der Waals surface area contributed by atoms with Gasteiger partial charge in [0.2, 0.25) is 0 Å². The maximum absolute atomic E-state index is 5.93. The Morgan fingerprint density at radius 1 is 1.05 bits per heavy atom. The molecule has 0 amide bonds. The van der Waals surface area contributed by atoms with E-state index in [9.17, 15) is 0 Å². The summed E-state index contributed by atoms with van der Waals surface area (Å²) in [7, 11) is 5.26. The summed E-state index contributed by atoms with van der Waals surface area (Å²) in [6, 6.07) is 14.0. The number of nitrogens with one attached hydrogen (secondary N) is 1. The number of methoxy groups -OCH3 is 2. The van der Waals surface area contributed by atoms with Crippen LogP contribution in [0.15, 0.2) is 42.5 Å². The van der Waals surface area contributed by atoms with Gasteiger partial charge >= 0.3 is 0 Å². The zero-order valence-electron chi connectivity index (χ0n) is 12.5. The molecule has 0 heterocycles. The molecular formula is C17H20ClNO2. The molecule has 2 rings (SSSR count). The first kappa shape index (κ1) is 15.7. The quantitative estimate of drug-likeness (QED) is 0.879. The molecule has 0 radical (unpaired) electrons. The van der Waals surface area contributed by atoms with E-state index in [1.54, 1.807) is 14.2 Å². The van der Waals surface area contributed by atoms with Crippen LogP contribution in [0.2, 0.25) is 5.02 Å². The van der Waals surface area contributed by atoms with Crippen molar-refractivity contribution in [2.75, 3.05) is 21.3 Å². The Bertz CT molecular complexity index is 584. The third-order valence-corrected chi connectivity index (χ3v) is 3.76. The summed E-state index contributed by atoms with van der Waals surface area (Å²) >= 11 is 5.93. The van der Waals surface area contributed by atoms with Crippen LogP contribution in [0.1, 0.15) is 17.2 Å². The summed E-state index contributed by atoms with van der Waals surface area (Å²) in [4.78, 5) is 0. The second-order valence-electron chi connectivity index (χ2n) is 4.75. The van der Waals surface area contributed by atoms with Gasteiger partial charge in [0.25, 0.3) is 0 Å². The summed E-state index contributed by atoms with van der Waals surface area (Å²) < 4.78 is 10.9. The molecule has 1 atom stereocenters. The van der Waals surface area contributed by atoms with Crippen molar-refractivity contribution in [3.8, 4) is 11.5 Å². The Morgan fingerprint density at radius 3 is 2.33 bits per heavy atom. The molecule has 0 aromatic heterocycles. The van der Waals surface area contributed by atoms with Crippen LogP contribution in [0.4, 0.5) is 0 Å². The average molecular weight is 306 g/mol. The van der Waals surface area contributed by atoms with Gasteiger partial charge in [0.1, 0.15) is 0 Å². The first-order chi connectivity index (χ1) is 10.2. The molecular weight excluding hydrogens is 286 g/mol. The number of hydrogen-bond donors (Lipinski definition) is 1. The standard InChI is InChI=1S/C17H20ClNO2/c1-19-15(11-12-7-9-13(18)10-8-12)14-5-4-6-16(20-2)17(14)21-3/h4-10,15,19H,11H2,1-3H3. The van der Waals surface area contributed by atoms with Crippen molar-refractivity contribution in [2.24, 2.45) is 0 Å². The third-order valence-electron chi connectivity index (χ3n) is 3.51. The van der Waals surface area contributed by atoms with Gasteiger partial charge in [0.15, 0.2) is 11.5 Å². The molecule has 3 nitrogen and oxygen atoms in total. The Kier molecular flexibility index (Phi) is 5.48. The lowest BCUT2D eigenvalue weighted by atomic mass is 9.98. The van der Waals surface area contributed by atoms with Gasteiger partial charge in [-0.25, -0.2) is 0 Å². The van der Waals surface area contributed by atoms with Gasteiger partial charge in [0, 0.05) is 16.6 Å². The fraction of sp³-hybridized carbons (Fsp3) is 0.294. The average Bonchev–Trinajstić information content (AvgIpc) is 2.53. The van der Waals surface area contributed by atoms with Gasteiger partial charge in [-0.3, -0.25) is 0 Å². The minimum atomic E-state index is 0.135. The number of likely N-dealkylation sites (N-methyl/N-ethyl adjacent to an activating group) is 1. The lowest BCUT2D eigenvalue weighted by Gasteiger charge is -2.21. The van der Waals surface area contributed by atoms with Crippen LogP contribution in [0.25, 0.3) is 0 Å². The van der Waals surface area contributed by atoms with Crippen LogP contribution < -0.4 is 14.8 Å². The lowest BCUT2D eigenvalue weighted by Crippen LogP contribution is -2.19. The van der Waals surface area contributed by atoms with Crippen molar-refractivity contribution in [1.82, 2.24) is 5.32 Å². The van der Waals surface area contributed by atoms with E-state index in [0.717, 1.165) is 28.5 Å². The second kappa shape index (κ2) is 7.34. The van der Waals surface area contributed by atoms with Crippen LogP contribution in [0.5, 0.6) is 11.5 Å². The minimum Gasteiger partial charge on any atom is -0.493 e. The number of rotatable bonds is 6. The van der Waals surface area contributed by atoms with Crippen LogP contribution in [0.3, 0.4) is 0 Å². The van der Waals surface area contributed by atoms with E-state index in [4.69, 9.17) is 21.1 Å². The van der Waals surface area contributed by atoms with E-state index in [-0.39, 0.29) is 6.04 Å². The Morgan fingerprint density at radius 2 is 1.76 bits per heavy atom. The van der Waals surface area contributed by atoms with Crippen LogP contribution in [-0.2, 0) is 6.42 Å². The predicted molar refractivity (Wildman–Crippen MR) is 86.5 cm³/mol. The Hall–Kier alpha value is -1.71. The topological polar surface area (TPSA) is 30.5 Å². The second-order valence-corrected chi connectivity index (χ2v) is 5.19. The zero-order chi connectivity index (χ0) is 15.2. The molecule has 0 fully saturated rings. The van der Waals surface area contributed by atoms with E-state index in [1.165, 1.54) is 5.56 Å². The number of benzene rings is 2. The highest BCUT2D eigenvalue weighted by atomic mass is 35.5. The van der Waals surface area contributed by atoms with Gasteiger partial charge in [0.05, 0.1) is 14.2 Å². The number of para-hydroxylation sites is 1. The molecule has 0 aliphatic carbocycles. The fourth-order valence-corrected chi connectivity index (χ4v) is 2.54. The van der Waals surface area contributed by atoms with Crippen molar-refractivity contribution in [3.63, 3.8) is 0 Å². The SMILES string of the molecule is CNC(Cc1ccc(Cl)cc1)c1cccc(OC)c1OC. The summed E-state index contributed by atoms with van der Waals surface area (Å²) in [5.74, 6) is 1.51. The van der Waals surface area contributed by atoms with Crippen LogP contribution in [-0.4, -0.2) is 21.3 Å². The summed E-state index contributed by atoms with van der Waals surface area (Å²) in [5, 5.41) is 4.09. The molecule has 0 saturated heterocycles. The normalized spacial score (nSPS) is 12.0. The monoisotopic (exact) mass is 305 g/mol. The fourth-order valence-electron chi connectivity index (χ4n) is 2.41. The zero-order valence-corrected chi connectivity index (χ0v) is 13.3. The van der Waals surface area contributed by atoms with Crippen molar-refractivity contribution in [2.45, 2.75) is 12.5 Å². The van der Waals surface area contributed by atoms with E-state index >= 15 is 0 Å². The van der Waals surface area contributed by atoms with E-state index in [0.29, 0.717) is 0 Å². The molecule has 112 valence electrons. The maximum Gasteiger partial charge on any atom is 0.165 e. The number of halogens is 1. The molecule has 0 saturated carbocycles. The Labute approximate surface area is 130 Å². The molecule has 0 aliphatic rings. The van der Waals surface area contributed by atoms with Gasteiger partial charge in [-0.2, -0.15) is 0 Å². The van der Waals surface area contributed by atoms with E-state index in [1.807, 2.05) is 43.4 Å². The first-order valence-electron chi connectivity index (χ1n) is 6.82. The third kappa shape index (κ3) is 3.69. The highest BCUT2D eigenvalue weighted by Gasteiger charge is 2.18. The molecule has 1 N–H and O–H groups in total. The van der Waals surface area contributed by atoms with Crippen molar-refractivity contribution in [1.29, 1.82) is 0 Å². The minimum absolute atomic E-state index is 0.135. The lowest BCUT2D eigenvalue weighted by molar-refractivity contribution is 0.347. The van der Waals surface area contributed by atoms with Gasteiger partial charge in [-0.1, -0.05) is 35.9 Å². The van der Waals surface area contributed by atoms with Crippen LogP contribution >= 0.6 is 11.6 Å². The van der Waals surface area contributed by atoms with Crippen molar-refractivity contribution >= 4 is 11.6 Å². The highest BCUT2D eigenvalue weighted by molar-refractivity contribution is 6.30. The Balaban J connectivity index is 2.31. The molecule has 1 unspecified atom stereocenters.